The number of amides is 2. The minimum absolute atomic E-state index is 0.0220. The van der Waals surface area contributed by atoms with Crippen LogP contribution in [0.2, 0.25) is 5.02 Å². The number of benzene rings is 2. The number of anilines is 2. The highest BCUT2D eigenvalue weighted by Gasteiger charge is 2.35. The molecular formula is C20H21ClN2O2. The Balaban J connectivity index is 1.74. The molecule has 2 amide bonds. The Morgan fingerprint density at radius 2 is 1.80 bits per heavy atom. The average molecular weight is 357 g/mol. The SMILES string of the molecule is Cc1ccc(N2CC(C(=O)Nc3cc(Cl)ccc3C)CC2=O)cc1C. The summed E-state index contributed by atoms with van der Waals surface area (Å²) < 4.78 is 0. The predicted molar refractivity (Wildman–Crippen MR) is 101 cm³/mol. The molecule has 0 aliphatic carbocycles. The van der Waals surface area contributed by atoms with E-state index in [-0.39, 0.29) is 24.2 Å². The highest BCUT2D eigenvalue weighted by molar-refractivity contribution is 6.31. The van der Waals surface area contributed by atoms with E-state index in [2.05, 4.69) is 5.32 Å². The van der Waals surface area contributed by atoms with Gasteiger partial charge in [-0.1, -0.05) is 23.7 Å². The summed E-state index contributed by atoms with van der Waals surface area (Å²) in [6.07, 6.45) is 0.221. The number of carbonyl (C=O) groups excluding carboxylic acids is 2. The molecule has 1 atom stereocenters. The topological polar surface area (TPSA) is 49.4 Å². The maximum atomic E-state index is 12.6. The summed E-state index contributed by atoms with van der Waals surface area (Å²) in [5.74, 6) is -0.538. The molecule has 1 aliphatic rings. The van der Waals surface area contributed by atoms with Crippen LogP contribution in [0.3, 0.4) is 0 Å². The minimum atomic E-state index is -0.368. The average Bonchev–Trinajstić information content (AvgIpc) is 2.95. The monoisotopic (exact) mass is 356 g/mol. The highest BCUT2D eigenvalue weighted by Crippen LogP contribution is 2.28. The summed E-state index contributed by atoms with van der Waals surface area (Å²) in [5, 5.41) is 3.47. The van der Waals surface area contributed by atoms with Crippen molar-refractivity contribution in [3.63, 3.8) is 0 Å². The molecule has 0 aromatic heterocycles. The van der Waals surface area contributed by atoms with Gasteiger partial charge in [0.05, 0.1) is 5.92 Å². The van der Waals surface area contributed by atoms with Gasteiger partial charge in [-0.25, -0.2) is 0 Å². The number of aryl methyl sites for hydroxylation is 3. The van der Waals surface area contributed by atoms with E-state index in [0.29, 0.717) is 17.3 Å². The van der Waals surface area contributed by atoms with Crippen LogP contribution in [-0.4, -0.2) is 18.4 Å². The fourth-order valence-electron chi connectivity index (χ4n) is 2.99. The Morgan fingerprint density at radius 1 is 1.08 bits per heavy atom. The molecule has 0 spiro atoms. The number of halogens is 1. The minimum Gasteiger partial charge on any atom is -0.325 e. The maximum Gasteiger partial charge on any atom is 0.229 e. The molecule has 1 heterocycles. The van der Waals surface area contributed by atoms with Crippen molar-refractivity contribution in [2.24, 2.45) is 5.92 Å². The fraction of sp³-hybridized carbons (Fsp3) is 0.300. The molecule has 2 aromatic rings. The Kier molecular flexibility index (Phi) is 4.82. The summed E-state index contributed by atoms with van der Waals surface area (Å²) in [5.41, 5.74) is 4.79. The van der Waals surface area contributed by atoms with Gasteiger partial charge in [-0.15, -0.1) is 0 Å². The van der Waals surface area contributed by atoms with E-state index < -0.39 is 0 Å². The smallest absolute Gasteiger partial charge is 0.229 e. The van der Waals surface area contributed by atoms with E-state index in [1.54, 1.807) is 17.0 Å². The van der Waals surface area contributed by atoms with Crippen LogP contribution in [-0.2, 0) is 9.59 Å². The molecule has 3 rings (SSSR count). The van der Waals surface area contributed by atoms with E-state index in [1.165, 1.54) is 5.56 Å². The van der Waals surface area contributed by atoms with Crippen molar-refractivity contribution >= 4 is 34.8 Å². The highest BCUT2D eigenvalue weighted by atomic mass is 35.5. The van der Waals surface area contributed by atoms with E-state index in [1.807, 2.05) is 45.0 Å². The molecule has 25 heavy (non-hydrogen) atoms. The van der Waals surface area contributed by atoms with Gasteiger partial charge in [-0.3, -0.25) is 9.59 Å². The predicted octanol–water partition coefficient (Wildman–Crippen LogP) is 4.26. The Bertz CT molecular complexity index is 848. The molecule has 0 saturated carbocycles. The van der Waals surface area contributed by atoms with Crippen molar-refractivity contribution in [2.75, 3.05) is 16.8 Å². The quantitative estimate of drug-likeness (QED) is 0.893. The lowest BCUT2D eigenvalue weighted by atomic mass is 10.1. The van der Waals surface area contributed by atoms with Crippen molar-refractivity contribution in [1.29, 1.82) is 0 Å². The number of rotatable bonds is 3. The Labute approximate surface area is 152 Å². The lowest BCUT2D eigenvalue weighted by Crippen LogP contribution is -2.28. The van der Waals surface area contributed by atoms with Gasteiger partial charge in [-0.05, 0) is 61.7 Å². The van der Waals surface area contributed by atoms with Crippen molar-refractivity contribution in [2.45, 2.75) is 27.2 Å². The van der Waals surface area contributed by atoms with Gasteiger partial charge in [-0.2, -0.15) is 0 Å². The van der Waals surface area contributed by atoms with E-state index in [9.17, 15) is 9.59 Å². The summed E-state index contributed by atoms with van der Waals surface area (Å²) in [6.45, 7) is 6.36. The van der Waals surface area contributed by atoms with E-state index in [0.717, 1.165) is 16.8 Å². The summed E-state index contributed by atoms with van der Waals surface area (Å²) in [4.78, 5) is 26.7. The third-order valence-electron chi connectivity index (χ3n) is 4.76. The van der Waals surface area contributed by atoms with Crippen LogP contribution in [0.4, 0.5) is 11.4 Å². The Morgan fingerprint density at radius 3 is 2.52 bits per heavy atom. The first-order chi connectivity index (χ1) is 11.8. The van der Waals surface area contributed by atoms with Crippen LogP contribution >= 0.6 is 11.6 Å². The number of hydrogen-bond donors (Lipinski definition) is 1. The van der Waals surface area contributed by atoms with E-state index in [4.69, 9.17) is 11.6 Å². The third kappa shape index (κ3) is 3.69. The first-order valence-electron chi connectivity index (χ1n) is 8.30. The Hall–Kier alpha value is -2.33. The fourth-order valence-corrected chi connectivity index (χ4v) is 3.16. The molecular weight excluding hydrogens is 336 g/mol. The van der Waals surface area contributed by atoms with Crippen LogP contribution in [0, 0.1) is 26.7 Å². The van der Waals surface area contributed by atoms with Crippen molar-refractivity contribution in [1.82, 2.24) is 0 Å². The second kappa shape index (κ2) is 6.89. The van der Waals surface area contributed by atoms with Crippen LogP contribution < -0.4 is 10.2 Å². The van der Waals surface area contributed by atoms with Gasteiger partial charge in [0.15, 0.2) is 0 Å². The van der Waals surface area contributed by atoms with Gasteiger partial charge in [0, 0.05) is 29.4 Å². The molecule has 1 saturated heterocycles. The summed E-state index contributed by atoms with van der Waals surface area (Å²) in [7, 11) is 0. The van der Waals surface area contributed by atoms with Gasteiger partial charge in [0.1, 0.15) is 0 Å². The third-order valence-corrected chi connectivity index (χ3v) is 4.99. The zero-order chi connectivity index (χ0) is 18.1. The normalized spacial score (nSPS) is 17.0. The number of hydrogen-bond acceptors (Lipinski definition) is 2. The molecule has 4 nitrogen and oxygen atoms in total. The zero-order valence-electron chi connectivity index (χ0n) is 14.6. The van der Waals surface area contributed by atoms with E-state index >= 15 is 0 Å². The molecule has 1 N–H and O–H groups in total. The number of carbonyl (C=O) groups is 2. The van der Waals surface area contributed by atoms with Crippen LogP contribution in [0.15, 0.2) is 36.4 Å². The van der Waals surface area contributed by atoms with Gasteiger partial charge < -0.3 is 10.2 Å². The molecule has 1 aliphatic heterocycles. The van der Waals surface area contributed by atoms with Crippen molar-refractivity contribution in [3.8, 4) is 0 Å². The molecule has 0 radical (unpaired) electrons. The lowest BCUT2D eigenvalue weighted by molar-refractivity contribution is -0.122. The van der Waals surface area contributed by atoms with Gasteiger partial charge in [0.2, 0.25) is 11.8 Å². The molecule has 5 heteroatoms. The van der Waals surface area contributed by atoms with Crippen LogP contribution in [0.5, 0.6) is 0 Å². The van der Waals surface area contributed by atoms with Gasteiger partial charge >= 0.3 is 0 Å². The second-order valence-electron chi connectivity index (χ2n) is 6.62. The second-order valence-corrected chi connectivity index (χ2v) is 7.06. The summed E-state index contributed by atoms with van der Waals surface area (Å²) in [6, 6.07) is 11.3. The van der Waals surface area contributed by atoms with Crippen LogP contribution in [0.25, 0.3) is 0 Å². The molecule has 1 fully saturated rings. The molecule has 1 unspecified atom stereocenters. The number of nitrogens with one attached hydrogen (secondary N) is 1. The molecule has 130 valence electrons. The van der Waals surface area contributed by atoms with Crippen molar-refractivity contribution < 1.29 is 9.59 Å². The standard InChI is InChI=1S/C20H21ClN2O2/c1-12-5-7-17(8-14(12)3)23-11-15(9-19(23)24)20(25)22-18-10-16(21)6-4-13(18)2/h4-8,10,15H,9,11H2,1-3H3,(H,22,25). The largest absolute Gasteiger partial charge is 0.325 e. The first kappa shape index (κ1) is 17.5. The molecule has 2 aromatic carbocycles. The first-order valence-corrected chi connectivity index (χ1v) is 8.67. The lowest BCUT2D eigenvalue weighted by Gasteiger charge is -2.18. The number of nitrogens with zero attached hydrogens (tertiary/aromatic N) is 1. The van der Waals surface area contributed by atoms with Gasteiger partial charge in [0.25, 0.3) is 0 Å². The molecule has 0 bridgehead atoms. The van der Waals surface area contributed by atoms with Crippen molar-refractivity contribution in [3.05, 3.63) is 58.1 Å². The summed E-state index contributed by atoms with van der Waals surface area (Å²) >= 11 is 6.00. The zero-order valence-corrected chi connectivity index (χ0v) is 15.4. The maximum absolute atomic E-state index is 12.6. The van der Waals surface area contributed by atoms with Crippen LogP contribution in [0.1, 0.15) is 23.1 Å².